The Kier molecular flexibility index (Phi) is 6.06. The van der Waals surface area contributed by atoms with Crippen molar-refractivity contribution in [2.45, 2.75) is 18.9 Å². The Bertz CT molecular complexity index is 886. The van der Waals surface area contributed by atoms with Crippen molar-refractivity contribution in [3.63, 3.8) is 0 Å². The molecule has 0 saturated heterocycles. The molecule has 5 heteroatoms. The van der Waals surface area contributed by atoms with E-state index in [0.717, 1.165) is 34.4 Å². The van der Waals surface area contributed by atoms with Crippen LogP contribution in [-0.4, -0.2) is 31.4 Å². The lowest BCUT2D eigenvalue weighted by molar-refractivity contribution is 0.0599. The molecule has 0 saturated carbocycles. The van der Waals surface area contributed by atoms with E-state index in [0.29, 0.717) is 12.0 Å². The van der Waals surface area contributed by atoms with Gasteiger partial charge >= 0.3 is 5.97 Å². The third kappa shape index (κ3) is 4.27. The molecule has 0 spiro atoms. The number of carbonyl (C=O) groups excluding carboxylic acids is 1. The second-order valence-electron chi connectivity index (χ2n) is 6.36. The molecule has 0 radical (unpaired) electrons. The largest absolute Gasteiger partial charge is 0.496 e. The fourth-order valence-electron chi connectivity index (χ4n) is 3.25. The molecule has 2 aromatic rings. The molecule has 0 aliphatic heterocycles. The zero-order chi connectivity index (χ0) is 19.2. The Labute approximate surface area is 158 Å². The fraction of sp³-hybridized carbons (Fsp3) is 0.227. The van der Waals surface area contributed by atoms with E-state index in [1.54, 1.807) is 13.2 Å². The Hall–Kier alpha value is -2.89. The number of rotatable bonds is 6. The summed E-state index contributed by atoms with van der Waals surface area (Å²) in [5, 5.41) is 9.23. The molecule has 2 aromatic carbocycles. The number of hydrogen-bond acceptors (Lipinski definition) is 5. The lowest BCUT2D eigenvalue weighted by Gasteiger charge is -2.18. The van der Waals surface area contributed by atoms with E-state index in [1.807, 2.05) is 48.6 Å². The number of allylic oxidation sites excluding steroid dienone is 2. The number of carbonyl (C=O) groups is 1. The van der Waals surface area contributed by atoms with E-state index in [9.17, 15) is 10.0 Å². The molecule has 3 rings (SSSR count). The van der Waals surface area contributed by atoms with Gasteiger partial charge in [-0.05, 0) is 47.7 Å². The molecule has 1 atom stereocenters. The van der Waals surface area contributed by atoms with Crippen LogP contribution in [0, 0.1) is 0 Å². The second kappa shape index (κ2) is 8.66. The minimum absolute atomic E-state index is 0.126. The monoisotopic (exact) mass is 365 g/mol. The predicted octanol–water partition coefficient (Wildman–Crippen LogP) is 3.76. The summed E-state index contributed by atoms with van der Waals surface area (Å²) in [7, 11) is 3.03. The Morgan fingerprint density at radius 1 is 1.22 bits per heavy atom. The van der Waals surface area contributed by atoms with Crippen molar-refractivity contribution >= 4 is 11.5 Å². The molecular weight excluding hydrogens is 342 g/mol. The summed E-state index contributed by atoms with van der Waals surface area (Å²) in [6.07, 6.45) is 7.35. The summed E-state index contributed by atoms with van der Waals surface area (Å²) in [6.45, 7) is 0. The summed E-state index contributed by atoms with van der Waals surface area (Å²) >= 11 is 0. The number of hydroxylamine groups is 1. The van der Waals surface area contributed by atoms with Gasteiger partial charge < -0.3 is 14.7 Å². The van der Waals surface area contributed by atoms with Gasteiger partial charge in [0.15, 0.2) is 0 Å². The van der Waals surface area contributed by atoms with Crippen LogP contribution >= 0.6 is 0 Å². The van der Waals surface area contributed by atoms with Crippen LogP contribution in [0.4, 0.5) is 0 Å². The Morgan fingerprint density at radius 2 is 2.04 bits per heavy atom. The highest BCUT2D eigenvalue weighted by molar-refractivity contribution is 5.91. The van der Waals surface area contributed by atoms with Crippen LogP contribution in [0.25, 0.3) is 5.57 Å². The van der Waals surface area contributed by atoms with Crippen LogP contribution < -0.4 is 10.2 Å². The van der Waals surface area contributed by atoms with Crippen LogP contribution in [0.5, 0.6) is 5.75 Å². The zero-order valence-electron chi connectivity index (χ0n) is 15.4. The molecule has 0 amide bonds. The first-order chi connectivity index (χ1) is 13.2. The van der Waals surface area contributed by atoms with Gasteiger partial charge in [0.05, 0.1) is 25.8 Å². The molecule has 0 bridgehead atoms. The van der Waals surface area contributed by atoms with E-state index in [-0.39, 0.29) is 12.0 Å². The standard InChI is InChI=1S/C22H23NO4/c1-26-21-11-10-15(12-16-6-3-4-9-19(16)22(24)27-2)13-20(21)17-7-5-8-18(14-17)23-25/h3-7,9-11,13-14,18,23,25H,8,12H2,1-2H3. The van der Waals surface area contributed by atoms with Gasteiger partial charge in [-0.1, -0.05) is 42.5 Å². The third-order valence-electron chi connectivity index (χ3n) is 4.63. The molecule has 5 nitrogen and oxygen atoms in total. The van der Waals surface area contributed by atoms with Crippen LogP contribution in [0.1, 0.15) is 33.5 Å². The Balaban J connectivity index is 1.96. The molecule has 0 aromatic heterocycles. The third-order valence-corrected chi connectivity index (χ3v) is 4.63. The van der Waals surface area contributed by atoms with Crippen molar-refractivity contribution in [3.8, 4) is 5.75 Å². The maximum Gasteiger partial charge on any atom is 0.338 e. The number of methoxy groups -OCH3 is 2. The average Bonchev–Trinajstić information content (AvgIpc) is 2.73. The molecule has 140 valence electrons. The van der Waals surface area contributed by atoms with E-state index >= 15 is 0 Å². The Morgan fingerprint density at radius 3 is 2.78 bits per heavy atom. The maximum atomic E-state index is 12.0. The first-order valence-electron chi connectivity index (χ1n) is 8.77. The van der Waals surface area contributed by atoms with Gasteiger partial charge in [0, 0.05) is 5.56 Å². The number of ether oxygens (including phenoxy) is 2. The number of esters is 1. The highest BCUT2D eigenvalue weighted by Crippen LogP contribution is 2.31. The van der Waals surface area contributed by atoms with Gasteiger partial charge in [0.1, 0.15) is 5.75 Å². The first-order valence-corrected chi connectivity index (χ1v) is 8.77. The molecule has 1 unspecified atom stereocenters. The van der Waals surface area contributed by atoms with E-state index in [1.165, 1.54) is 7.11 Å². The van der Waals surface area contributed by atoms with Crippen molar-refractivity contribution in [3.05, 3.63) is 82.9 Å². The van der Waals surface area contributed by atoms with E-state index in [4.69, 9.17) is 9.47 Å². The second-order valence-corrected chi connectivity index (χ2v) is 6.36. The number of benzene rings is 2. The fourth-order valence-corrected chi connectivity index (χ4v) is 3.25. The lowest BCUT2D eigenvalue weighted by Crippen LogP contribution is -2.24. The molecule has 0 fully saturated rings. The van der Waals surface area contributed by atoms with Crippen LogP contribution in [-0.2, 0) is 11.2 Å². The molecule has 1 aliphatic rings. The predicted molar refractivity (Wildman–Crippen MR) is 104 cm³/mol. The normalized spacial score (nSPS) is 16.0. The summed E-state index contributed by atoms with van der Waals surface area (Å²) < 4.78 is 10.4. The number of hydrogen-bond donors (Lipinski definition) is 2. The summed E-state index contributed by atoms with van der Waals surface area (Å²) in [6, 6.07) is 13.3. The van der Waals surface area contributed by atoms with Crippen molar-refractivity contribution in [2.24, 2.45) is 0 Å². The van der Waals surface area contributed by atoms with Gasteiger partial charge in [-0.3, -0.25) is 0 Å². The molecular formula is C22H23NO4. The topological polar surface area (TPSA) is 67.8 Å². The minimum atomic E-state index is -0.339. The zero-order valence-corrected chi connectivity index (χ0v) is 15.4. The van der Waals surface area contributed by atoms with Crippen LogP contribution in [0.3, 0.4) is 0 Å². The van der Waals surface area contributed by atoms with Crippen LogP contribution in [0.2, 0.25) is 0 Å². The van der Waals surface area contributed by atoms with E-state index < -0.39 is 0 Å². The lowest BCUT2D eigenvalue weighted by atomic mass is 9.93. The number of nitrogens with one attached hydrogen (secondary N) is 1. The molecule has 27 heavy (non-hydrogen) atoms. The smallest absolute Gasteiger partial charge is 0.338 e. The minimum Gasteiger partial charge on any atom is -0.496 e. The van der Waals surface area contributed by atoms with Crippen molar-refractivity contribution < 1.29 is 19.5 Å². The SMILES string of the molecule is COC(=O)c1ccccc1Cc1ccc(OC)c(C2=CC(NO)CC=C2)c1. The van der Waals surface area contributed by atoms with Crippen molar-refractivity contribution in [1.29, 1.82) is 0 Å². The molecule has 0 heterocycles. The van der Waals surface area contributed by atoms with Crippen molar-refractivity contribution in [2.75, 3.05) is 14.2 Å². The highest BCUT2D eigenvalue weighted by Gasteiger charge is 2.15. The molecule has 1 aliphatic carbocycles. The van der Waals surface area contributed by atoms with Crippen LogP contribution in [0.15, 0.2) is 60.7 Å². The highest BCUT2D eigenvalue weighted by atomic mass is 16.5. The van der Waals surface area contributed by atoms with Crippen molar-refractivity contribution in [1.82, 2.24) is 5.48 Å². The average molecular weight is 365 g/mol. The molecule has 2 N–H and O–H groups in total. The van der Waals surface area contributed by atoms with Gasteiger partial charge in [-0.2, -0.15) is 5.48 Å². The summed E-state index contributed by atoms with van der Waals surface area (Å²) in [5.41, 5.74) is 6.75. The van der Waals surface area contributed by atoms with Gasteiger partial charge in [0.25, 0.3) is 0 Å². The summed E-state index contributed by atoms with van der Waals surface area (Å²) in [5.74, 6) is 0.420. The van der Waals surface area contributed by atoms with Gasteiger partial charge in [-0.25, -0.2) is 4.79 Å². The quantitative estimate of drug-likeness (QED) is 0.603. The maximum absolute atomic E-state index is 12.0. The summed E-state index contributed by atoms with van der Waals surface area (Å²) in [4.78, 5) is 12.0. The first kappa shape index (κ1) is 18.9. The van der Waals surface area contributed by atoms with Gasteiger partial charge in [0.2, 0.25) is 0 Å². The van der Waals surface area contributed by atoms with Gasteiger partial charge in [-0.15, -0.1) is 0 Å². The van der Waals surface area contributed by atoms with E-state index in [2.05, 4.69) is 11.5 Å².